The number of amides is 1. The lowest BCUT2D eigenvalue weighted by molar-refractivity contribution is -0.150. The molecule has 0 aromatic heterocycles. The van der Waals surface area contributed by atoms with E-state index in [4.69, 9.17) is 5.11 Å². The van der Waals surface area contributed by atoms with Gasteiger partial charge >= 0.3 is 5.97 Å². The van der Waals surface area contributed by atoms with E-state index >= 15 is 0 Å². The number of halogens is 2. The Balaban J connectivity index is 2.20. The predicted octanol–water partition coefficient (Wildman–Crippen LogP) is 2.13. The quantitative estimate of drug-likeness (QED) is 0.930. The van der Waals surface area contributed by atoms with E-state index < -0.39 is 29.4 Å². The van der Waals surface area contributed by atoms with Crippen molar-refractivity contribution in [3.63, 3.8) is 0 Å². The molecule has 1 aliphatic rings. The van der Waals surface area contributed by atoms with Crippen LogP contribution in [-0.4, -0.2) is 40.6 Å². The van der Waals surface area contributed by atoms with Gasteiger partial charge in [0.25, 0.3) is 0 Å². The number of carboxylic acids is 1. The lowest BCUT2D eigenvalue weighted by atomic mass is 9.83. The lowest BCUT2D eigenvalue weighted by Gasteiger charge is -2.30. The van der Waals surface area contributed by atoms with Crippen LogP contribution in [0.1, 0.15) is 25.8 Å². The Labute approximate surface area is 121 Å². The van der Waals surface area contributed by atoms with Crippen molar-refractivity contribution in [3.05, 3.63) is 35.6 Å². The normalized spacial score (nSPS) is 22.4. The van der Waals surface area contributed by atoms with Gasteiger partial charge in [-0.25, -0.2) is 13.6 Å². The van der Waals surface area contributed by atoms with E-state index in [1.165, 1.54) is 29.2 Å². The summed E-state index contributed by atoms with van der Waals surface area (Å²) >= 11 is 0. The minimum Gasteiger partial charge on any atom is -0.479 e. The van der Waals surface area contributed by atoms with Crippen LogP contribution in [0.2, 0.25) is 0 Å². The fourth-order valence-corrected chi connectivity index (χ4v) is 2.51. The van der Waals surface area contributed by atoms with Crippen LogP contribution in [0.5, 0.6) is 0 Å². The van der Waals surface area contributed by atoms with E-state index in [2.05, 4.69) is 0 Å². The number of carboxylic acid groups (broad SMARTS) is 1. The molecule has 1 N–H and O–H groups in total. The number of nitrogens with zero attached hydrogens (tertiary/aromatic N) is 1. The monoisotopic (exact) mass is 297 g/mol. The molecule has 0 radical (unpaired) electrons. The molecule has 0 saturated carbocycles. The second-order valence-electron chi connectivity index (χ2n) is 5.88. The van der Waals surface area contributed by atoms with Crippen LogP contribution in [0.15, 0.2) is 24.3 Å². The molecule has 114 valence electrons. The van der Waals surface area contributed by atoms with Crippen LogP contribution in [0.3, 0.4) is 0 Å². The molecule has 1 aromatic carbocycles. The third-order valence-electron chi connectivity index (χ3n) is 3.99. The Morgan fingerprint density at radius 1 is 1.29 bits per heavy atom. The SMILES string of the molecule is CC(C)(C(=O)N1CCC(F)(C(=O)O)C1)c1ccc(F)cc1. The number of hydrogen-bond donors (Lipinski definition) is 1. The first-order chi connectivity index (χ1) is 9.67. The first-order valence-electron chi connectivity index (χ1n) is 6.64. The van der Waals surface area contributed by atoms with Gasteiger partial charge in [0.1, 0.15) is 5.82 Å². The number of carbonyl (C=O) groups is 2. The number of carbonyl (C=O) groups excluding carboxylic acids is 1. The summed E-state index contributed by atoms with van der Waals surface area (Å²) in [5.41, 5.74) is -2.76. The van der Waals surface area contributed by atoms with E-state index in [0.29, 0.717) is 5.56 Å². The highest BCUT2D eigenvalue weighted by Gasteiger charge is 2.49. The highest BCUT2D eigenvalue weighted by molar-refractivity contribution is 5.89. The molecule has 0 bridgehead atoms. The van der Waals surface area contributed by atoms with Crippen molar-refractivity contribution < 1.29 is 23.5 Å². The number of hydrogen-bond acceptors (Lipinski definition) is 2. The van der Waals surface area contributed by atoms with E-state index in [-0.39, 0.29) is 18.9 Å². The zero-order valence-electron chi connectivity index (χ0n) is 11.9. The molecule has 1 unspecified atom stereocenters. The predicted molar refractivity (Wildman–Crippen MR) is 72.1 cm³/mol. The topological polar surface area (TPSA) is 57.6 Å². The van der Waals surface area contributed by atoms with E-state index in [1.807, 2.05) is 0 Å². The minimum atomic E-state index is -2.38. The van der Waals surface area contributed by atoms with Crippen molar-refractivity contribution >= 4 is 11.9 Å². The van der Waals surface area contributed by atoms with Crippen molar-refractivity contribution in [2.45, 2.75) is 31.4 Å². The number of alkyl halides is 1. The fourth-order valence-electron chi connectivity index (χ4n) is 2.51. The van der Waals surface area contributed by atoms with Crippen molar-refractivity contribution in [2.24, 2.45) is 0 Å². The molecule has 4 nitrogen and oxygen atoms in total. The van der Waals surface area contributed by atoms with Crippen molar-refractivity contribution in [1.82, 2.24) is 4.90 Å². The zero-order chi connectivity index (χ0) is 15.8. The minimum absolute atomic E-state index is 0.0618. The molecule has 1 heterocycles. The average molecular weight is 297 g/mol. The highest BCUT2D eigenvalue weighted by atomic mass is 19.1. The van der Waals surface area contributed by atoms with Crippen LogP contribution >= 0.6 is 0 Å². The third kappa shape index (κ3) is 2.75. The molecule has 1 aliphatic heterocycles. The van der Waals surface area contributed by atoms with Gasteiger partial charge in [-0.3, -0.25) is 4.79 Å². The van der Waals surface area contributed by atoms with Crippen LogP contribution in [0.25, 0.3) is 0 Å². The average Bonchev–Trinajstić information content (AvgIpc) is 2.82. The van der Waals surface area contributed by atoms with Crippen molar-refractivity contribution in [3.8, 4) is 0 Å². The number of benzene rings is 1. The molecule has 21 heavy (non-hydrogen) atoms. The summed E-state index contributed by atoms with van der Waals surface area (Å²) in [6.45, 7) is 2.92. The second kappa shape index (κ2) is 5.09. The zero-order valence-corrected chi connectivity index (χ0v) is 11.9. The summed E-state index contributed by atoms with van der Waals surface area (Å²) in [5.74, 6) is -2.32. The third-order valence-corrected chi connectivity index (χ3v) is 3.99. The van der Waals surface area contributed by atoms with Crippen LogP contribution < -0.4 is 0 Å². The van der Waals surface area contributed by atoms with Crippen LogP contribution in [0.4, 0.5) is 8.78 Å². The highest BCUT2D eigenvalue weighted by Crippen LogP contribution is 2.32. The van der Waals surface area contributed by atoms with Gasteiger partial charge in [-0.15, -0.1) is 0 Å². The molecular formula is C15H17F2NO3. The lowest BCUT2D eigenvalue weighted by Crippen LogP contribution is -2.45. The molecule has 1 fully saturated rings. The first-order valence-corrected chi connectivity index (χ1v) is 6.64. The van der Waals surface area contributed by atoms with Crippen molar-refractivity contribution in [1.29, 1.82) is 0 Å². The Kier molecular flexibility index (Phi) is 3.74. The fraction of sp³-hybridized carbons (Fsp3) is 0.467. The van der Waals surface area contributed by atoms with Gasteiger partial charge in [0.15, 0.2) is 0 Å². The van der Waals surface area contributed by atoms with Gasteiger partial charge in [-0.05, 0) is 31.5 Å². The summed E-state index contributed by atoms with van der Waals surface area (Å²) < 4.78 is 27.0. The molecule has 6 heteroatoms. The molecule has 1 aromatic rings. The standard InChI is InChI=1S/C15H17F2NO3/c1-14(2,10-3-5-11(16)6-4-10)12(19)18-8-7-15(17,9-18)13(20)21/h3-6H,7-9H2,1-2H3,(H,20,21). The molecule has 2 rings (SSSR count). The van der Waals surface area contributed by atoms with E-state index in [9.17, 15) is 18.4 Å². The van der Waals surface area contributed by atoms with Crippen LogP contribution in [0, 0.1) is 5.82 Å². The largest absolute Gasteiger partial charge is 0.479 e. The second-order valence-corrected chi connectivity index (χ2v) is 5.88. The first kappa shape index (κ1) is 15.4. The summed E-state index contributed by atoms with van der Waals surface area (Å²) in [5, 5.41) is 8.87. The van der Waals surface area contributed by atoms with Crippen LogP contribution in [-0.2, 0) is 15.0 Å². The van der Waals surface area contributed by atoms with Gasteiger partial charge in [0, 0.05) is 13.0 Å². The Morgan fingerprint density at radius 2 is 1.86 bits per heavy atom. The number of likely N-dealkylation sites (tertiary alicyclic amines) is 1. The summed E-state index contributed by atoms with van der Waals surface area (Å²) in [4.78, 5) is 24.6. The van der Waals surface area contributed by atoms with Gasteiger partial charge in [-0.1, -0.05) is 12.1 Å². The Morgan fingerprint density at radius 3 is 2.33 bits per heavy atom. The van der Waals surface area contributed by atoms with Gasteiger partial charge in [0.05, 0.1) is 12.0 Å². The maximum Gasteiger partial charge on any atom is 0.343 e. The Bertz CT molecular complexity index is 571. The summed E-state index contributed by atoms with van der Waals surface area (Å²) in [6.07, 6.45) is -0.215. The Hall–Kier alpha value is -1.98. The molecule has 1 atom stereocenters. The molecule has 1 amide bonds. The maximum absolute atomic E-state index is 14.0. The van der Waals surface area contributed by atoms with Crippen molar-refractivity contribution in [2.75, 3.05) is 13.1 Å². The molecule has 1 saturated heterocycles. The number of aliphatic carboxylic acids is 1. The summed E-state index contributed by atoms with van der Waals surface area (Å²) in [6, 6.07) is 5.52. The number of rotatable bonds is 3. The van der Waals surface area contributed by atoms with E-state index in [0.717, 1.165) is 0 Å². The van der Waals surface area contributed by atoms with E-state index in [1.54, 1.807) is 13.8 Å². The van der Waals surface area contributed by atoms with Gasteiger partial charge < -0.3 is 10.0 Å². The van der Waals surface area contributed by atoms with Gasteiger partial charge in [-0.2, -0.15) is 0 Å². The van der Waals surface area contributed by atoms with Gasteiger partial charge in [0.2, 0.25) is 11.6 Å². The smallest absolute Gasteiger partial charge is 0.343 e. The molecule has 0 aliphatic carbocycles. The molecule has 0 spiro atoms. The summed E-state index contributed by atoms with van der Waals surface area (Å²) in [7, 11) is 0. The maximum atomic E-state index is 14.0. The molecular weight excluding hydrogens is 280 g/mol.